The highest BCUT2D eigenvalue weighted by molar-refractivity contribution is 7.09. The van der Waals surface area contributed by atoms with Gasteiger partial charge in [0.25, 0.3) is 0 Å². The molecule has 2 heterocycles. The molecule has 6 nitrogen and oxygen atoms in total. The second-order valence-electron chi connectivity index (χ2n) is 5.83. The molecule has 2 aromatic heterocycles. The topological polar surface area (TPSA) is 73.3 Å². The van der Waals surface area contributed by atoms with Gasteiger partial charge in [0.05, 0.1) is 17.3 Å². The molecule has 144 valence electrons. The zero-order valence-corrected chi connectivity index (χ0v) is 16.5. The highest BCUT2D eigenvalue weighted by atomic mass is 32.1. The minimum absolute atomic E-state index is 0.266. The van der Waals surface area contributed by atoms with E-state index < -0.39 is 0 Å². The first kappa shape index (κ1) is 19.6. The van der Waals surface area contributed by atoms with Gasteiger partial charge in [-0.2, -0.15) is 0 Å². The molecule has 0 atom stereocenters. The van der Waals surface area contributed by atoms with Crippen LogP contribution in [0.4, 0.5) is 5.69 Å². The Balaban J connectivity index is 1.60. The maximum atomic E-state index is 12.2. The number of thiazole rings is 1. The Kier molecular flexibility index (Phi) is 6.75. The van der Waals surface area contributed by atoms with Crippen LogP contribution in [-0.4, -0.2) is 22.5 Å². The molecule has 0 saturated heterocycles. The third-order valence-corrected chi connectivity index (χ3v) is 4.47. The first-order chi connectivity index (χ1) is 13.6. The Hall–Kier alpha value is -3.19. The van der Waals surface area contributed by atoms with E-state index in [-0.39, 0.29) is 5.91 Å². The fourth-order valence-electron chi connectivity index (χ4n) is 2.42. The van der Waals surface area contributed by atoms with Crippen molar-refractivity contribution in [3.63, 3.8) is 0 Å². The van der Waals surface area contributed by atoms with Gasteiger partial charge in [0.15, 0.2) is 0 Å². The molecule has 0 radical (unpaired) electrons. The number of nitrogens with zero attached hydrogens (tertiary/aromatic N) is 2. The normalized spacial score (nSPS) is 10.8. The Morgan fingerprint density at radius 2 is 2.14 bits per heavy atom. The molecule has 28 heavy (non-hydrogen) atoms. The van der Waals surface area contributed by atoms with Crippen LogP contribution in [0.3, 0.4) is 0 Å². The minimum Gasteiger partial charge on any atom is -0.487 e. The number of rotatable bonds is 8. The number of pyridine rings is 1. The molecule has 1 N–H and O–H groups in total. The monoisotopic (exact) mass is 395 g/mol. The number of benzene rings is 1. The van der Waals surface area contributed by atoms with E-state index in [1.54, 1.807) is 35.7 Å². The molecule has 7 heteroatoms. The lowest BCUT2D eigenvalue weighted by Crippen LogP contribution is -2.10. The van der Waals surface area contributed by atoms with Crippen LogP contribution in [0.25, 0.3) is 6.08 Å². The molecule has 3 rings (SSSR count). The zero-order chi connectivity index (χ0) is 19.8. The molecule has 0 aliphatic carbocycles. The van der Waals surface area contributed by atoms with Crippen molar-refractivity contribution in [2.24, 2.45) is 0 Å². The number of hydrogen-bond acceptors (Lipinski definition) is 6. The van der Waals surface area contributed by atoms with Crippen molar-refractivity contribution in [3.05, 3.63) is 70.3 Å². The van der Waals surface area contributed by atoms with E-state index in [2.05, 4.69) is 15.3 Å². The second kappa shape index (κ2) is 9.66. The largest absolute Gasteiger partial charge is 0.487 e. The van der Waals surface area contributed by atoms with E-state index in [0.717, 1.165) is 22.0 Å². The number of amides is 1. The quantitative estimate of drug-likeness (QED) is 0.570. The smallest absolute Gasteiger partial charge is 0.248 e. The lowest BCUT2D eigenvalue weighted by molar-refractivity contribution is -0.111. The van der Waals surface area contributed by atoms with Crippen molar-refractivity contribution in [2.45, 2.75) is 20.5 Å². The zero-order valence-electron chi connectivity index (χ0n) is 15.7. The number of nitrogens with one attached hydrogen (secondary N) is 1. The third kappa shape index (κ3) is 5.65. The van der Waals surface area contributed by atoms with E-state index in [1.165, 1.54) is 6.08 Å². The van der Waals surface area contributed by atoms with Gasteiger partial charge in [0.2, 0.25) is 11.8 Å². The van der Waals surface area contributed by atoms with E-state index in [1.807, 2.05) is 43.5 Å². The highest BCUT2D eigenvalue weighted by Gasteiger charge is 2.06. The fourth-order valence-corrected chi connectivity index (χ4v) is 3.02. The van der Waals surface area contributed by atoms with Gasteiger partial charge in [-0.05, 0) is 49.8 Å². The third-order valence-electron chi connectivity index (χ3n) is 3.65. The first-order valence-electron chi connectivity index (χ1n) is 8.85. The summed E-state index contributed by atoms with van der Waals surface area (Å²) in [5, 5.41) is 5.78. The summed E-state index contributed by atoms with van der Waals surface area (Å²) in [6, 6.07) is 11.0. The van der Waals surface area contributed by atoms with Gasteiger partial charge >= 0.3 is 0 Å². The van der Waals surface area contributed by atoms with Crippen molar-refractivity contribution in [1.29, 1.82) is 0 Å². The van der Waals surface area contributed by atoms with Crippen LogP contribution in [0.2, 0.25) is 0 Å². The molecular formula is C21H21N3O3S. The molecule has 0 fully saturated rings. The van der Waals surface area contributed by atoms with Crippen LogP contribution in [-0.2, 0) is 11.4 Å². The van der Waals surface area contributed by atoms with Crippen LogP contribution >= 0.6 is 11.3 Å². The summed E-state index contributed by atoms with van der Waals surface area (Å²) in [6.07, 6.45) is 4.81. The number of hydrogen-bond donors (Lipinski definition) is 1. The predicted molar refractivity (Wildman–Crippen MR) is 111 cm³/mol. The summed E-state index contributed by atoms with van der Waals surface area (Å²) < 4.78 is 11.2. The Labute approximate surface area is 167 Å². The maximum absolute atomic E-state index is 12.2. The van der Waals surface area contributed by atoms with Crippen LogP contribution in [0.1, 0.15) is 23.2 Å². The van der Waals surface area contributed by atoms with Crippen molar-refractivity contribution >= 4 is 29.0 Å². The summed E-state index contributed by atoms with van der Waals surface area (Å²) in [4.78, 5) is 20.7. The summed E-state index contributed by atoms with van der Waals surface area (Å²) in [7, 11) is 0. The predicted octanol–water partition coefficient (Wildman–Crippen LogP) is 4.48. The molecule has 0 aliphatic rings. The molecule has 3 aromatic rings. The maximum Gasteiger partial charge on any atom is 0.248 e. The molecule has 1 amide bonds. The summed E-state index contributed by atoms with van der Waals surface area (Å²) in [5.41, 5.74) is 2.30. The lowest BCUT2D eigenvalue weighted by Gasteiger charge is -2.08. The number of ether oxygens (including phenoxy) is 2. The van der Waals surface area contributed by atoms with Crippen molar-refractivity contribution in [2.75, 3.05) is 11.9 Å². The van der Waals surface area contributed by atoms with Crippen molar-refractivity contribution < 1.29 is 14.3 Å². The van der Waals surface area contributed by atoms with Gasteiger partial charge in [0.1, 0.15) is 18.0 Å². The van der Waals surface area contributed by atoms with E-state index in [9.17, 15) is 4.79 Å². The molecule has 0 aliphatic heterocycles. The van der Waals surface area contributed by atoms with Crippen LogP contribution in [0, 0.1) is 6.92 Å². The van der Waals surface area contributed by atoms with E-state index in [4.69, 9.17) is 9.47 Å². The molecule has 0 unspecified atom stereocenters. The number of anilines is 1. The van der Waals surface area contributed by atoms with Gasteiger partial charge in [-0.3, -0.25) is 4.79 Å². The fraction of sp³-hybridized carbons (Fsp3) is 0.190. The van der Waals surface area contributed by atoms with Crippen molar-refractivity contribution in [1.82, 2.24) is 9.97 Å². The van der Waals surface area contributed by atoms with E-state index in [0.29, 0.717) is 24.8 Å². The lowest BCUT2D eigenvalue weighted by atomic mass is 10.2. The first-order valence-corrected chi connectivity index (χ1v) is 9.72. The van der Waals surface area contributed by atoms with Crippen LogP contribution in [0.15, 0.2) is 54.1 Å². The van der Waals surface area contributed by atoms with Gasteiger partial charge in [-0.15, -0.1) is 11.3 Å². The Morgan fingerprint density at radius 1 is 1.25 bits per heavy atom. The van der Waals surface area contributed by atoms with E-state index >= 15 is 0 Å². The average molecular weight is 395 g/mol. The summed E-state index contributed by atoms with van der Waals surface area (Å²) >= 11 is 1.60. The summed E-state index contributed by atoms with van der Waals surface area (Å²) in [6.45, 7) is 4.72. The molecule has 0 spiro atoms. The summed E-state index contributed by atoms with van der Waals surface area (Å²) in [5.74, 6) is 0.858. The van der Waals surface area contributed by atoms with Gasteiger partial charge < -0.3 is 14.8 Å². The number of aromatic nitrogens is 2. The van der Waals surface area contributed by atoms with Crippen LogP contribution < -0.4 is 14.8 Å². The SMILES string of the molecule is CCOc1ncccc1NC(=O)/C=C/c1cccc(OCc2csc(C)n2)c1. The van der Waals surface area contributed by atoms with Gasteiger partial charge in [-0.1, -0.05) is 12.1 Å². The number of carbonyl (C=O) groups is 1. The number of carbonyl (C=O) groups excluding carboxylic acids is 1. The molecule has 1 aromatic carbocycles. The molecule has 0 bridgehead atoms. The standard InChI is InChI=1S/C21H21N3O3S/c1-3-26-21-19(8-5-11-22-21)24-20(25)10-9-16-6-4-7-18(12-16)27-13-17-14-28-15(2)23-17/h4-12,14H,3,13H2,1-2H3,(H,24,25)/b10-9+. The highest BCUT2D eigenvalue weighted by Crippen LogP contribution is 2.21. The van der Waals surface area contributed by atoms with Crippen molar-refractivity contribution in [3.8, 4) is 11.6 Å². The minimum atomic E-state index is -0.266. The molecule has 0 saturated carbocycles. The number of aryl methyl sites for hydroxylation is 1. The molecular weight excluding hydrogens is 374 g/mol. The average Bonchev–Trinajstić information content (AvgIpc) is 3.12. The van der Waals surface area contributed by atoms with Crippen LogP contribution in [0.5, 0.6) is 11.6 Å². The second-order valence-corrected chi connectivity index (χ2v) is 6.89. The van der Waals surface area contributed by atoms with Gasteiger partial charge in [-0.25, -0.2) is 9.97 Å². The Morgan fingerprint density at radius 3 is 2.93 bits per heavy atom. The Bertz CT molecular complexity index is 969. The van der Waals surface area contributed by atoms with Gasteiger partial charge in [0, 0.05) is 17.7 Å².